The van der Waals surface area contributed by atoms with Gasteiger partial charge >= 0.3 is 0 Å². The molecule has 0 aliphatic carbocycles. The van der Waals surface area contributed by atoms with Gasteiger partial charge in [-0.15, -0.1) is 0 Å². The summed E-state index contributed by atoms with van der Waals surface area (Å²) in [5.74, 6) is -0.568. The lowest BCUT2D eigenvalue weighted by atomic mass is 9.89. The number of hydrogen-bond acceptors (Lipinski definition) is 14. The van der Waals surface area contributed by atoms with E-state index in [0.29, 0.717) is 5.56 Å². The fourth-order valence-electron chi connectivity index (χ4n) is 5.17. The minimum absolute atomic E-state index is 0.0151. The molecule has 3 heterocycles. The molecule has 14 nitrogen and oxygen atoms in total. The van der Waals surface area contributed by atoms with Gasteiger partial charge in [0.2, 0.25) is 0 Å². The first-order valence-electron chi connectivity index (χ1n) is 13.1. The van der Waals surface area contributed by atoms with Gasteiger partial charge in [0.25, 0.3) is 0 Å². The van der Waals surface area contributed by atoms with Crippen molar-refractivity contribution in [2.45, 2.75) is 68.1 Å². The molecule has 0 unspecified atom stereocenters. The van der Waals surface area contributed by atoms with Crippen molar-refractivity contribution >= 4 is 11.0 Å². The third kappa shape index (κ3) is 5.32. The number of benzene rings is 2. The van der Waals surface area contributed by atoms with Gasteiger partial charge in [0, 0.05) is 17.7 Å². The van der Waals surface area contributed by atoms with Gasteiger partial charge in [-0.1, -0.05) is 0 Å². The molecular formula is C28H32O14. The van der Waals surface area contributed by atoms with E-state index < -0.39 is 79.0 Å². The van der Waals surface area contributed by atoms with Crippen LogP contribution >= 0.6 is 0 Å². The molecule has 42 heavy (non-hydrogen) atoms. The molecule has 14 heteroatoms. The molecule has 1 aromatic heterocycles. The van der Waals surface area contributed by atoms with Crippen LogP contribution in [-0.4, -0.2) is 110 Å². The molecule has 0 amide bonds. The molecular weight excluding hydrogens is 560 g/mol. The number of ether oxygens (including phenoxy) is 4. The Morgan fingerprint density at radius 1 is 0.833 bits per heavy atom. The third-order valence-corrected chi connectivity index (χ3v) is 7.60. The fourth-order valence-corrected chi connectivity index (χ4v) is 5.17. The minimum atomic E-state index is -1.81. The van der Waals surface area contributed by atoms with Crippen LogP contribution in [0.1, 0.15) is 18.6 Å². The topological polar surface area (TPSA) is 229 Å². The van der Waals surface area contributed by atoms with Gasteiger partial charge in [-0.3, -0.25) is 4.79 Å². The van der Waals surface area contributed by atoms with Gasteiger partial charge in [-0.25, -0.2) is 0 Å². The second kappa shape index (κ2) is 11.8. The number of fused-ring (bicyclic) bond motifs is 1. The van der Waals surface area contributed by atoms with Gasteiger partial charge in [0.1, 0.15) is 82.8 Å². The van der Waals surface area contributed by atoms with Crippen LogP contribution in [0.4, 0.5) is 0 Å². The van der Waals surface area contributed by atoms with Gasteiger partial charge in [-0.05, 0) is 31.2 Å². The number of phenolic OH excluding ortho intramolecular Hbond substituents is 2. The van der Waals surface area contributed by atoms with E-state index in [0.717, 1.165) is 6.07 Å². The van der Waals surface area contributed by atoms with Crippen LogP contribution in [0.2, 0.25) is 0 Å². The Bertz CT molecular complexity index is 1470. The monoisotopic (exact) mass is 592 g/mol. The number of aliphatic hydroxyl groups is 6. The summed E-state index contributed by atoms with van der Waals surface area (Å²) < 4.78 is 28.0. The molecule has 0 radical (unpaired) electrons. The van der Waals surface area contributed by atoms with Gasteiger partial charge < -0.3 is 64.2 Å². The molecule has 228 valence electrons. The number of phenols is 2. The lowest BCUT2D eigenvalue weighted by Gasteiger charge is -2.43. The third-order valence-electron chi connectivity index (χ3n) is 7.60. The zero-order chi connectivity index (χ0) is 30.5. The first-order chi connectivity index (χ1) is 19.9. The average molecular weight is 593 g/mol. The van der Waals surface area contributed by atoms with Crippen molar-refractivity contribution < 1.29 is 64.2 Å². The molecule has 0 bridgehead atoms. The number of methoxy groups -OCH3 is 1. The van der Waals surface area contributed by atoms with E-state index in [4.69, 9.17) is 23.4 Å². The van der Waals surface area contributed by atoms with E-state index in [2.05, 4.69) is 0 Å². The van der Waals surface area contributed by atoms with Crippen molar-refractivity contribution in [3.05, 3.63) is 52.2 Å². The van der Waals surface area contributed by atoms with Crippen LogP contribution in [0.25, 0.3) is 22.3 Å². The van der Waals surface area contributed by atoms with Crippen molar-refractivity contribution in [1.82, 2.24) is 0 Å². The molecule has 2 aromatic carbocycles. The van der Waals surface area contributed by atoms with Crippen LogP contribution in [0.3, 0.4) is 0 Å². The highest BCUT2D eigenvalue weighted by Crippen LogP contribution is 2.45. The summed E-state index contributed by atoms with van der Waals surface area (Å²) in [4.78, 5) is 13.1. The molecule has 3 aromatic rings. The Hall–Kier alpha value is -3.31. The van der Waals surface area contributed by atoms with Crippen LogP contribution < -0.4 is 10.2 Å². The van der Waals surface area contributed by atoms with Gasteiger partial charge in [0.15, 0.2) is 11.7 Å². The summed E-state index contributed by atoms with van der Waals surface area (Å²) in [5, 5.41) is 82.8. The molecule has 2 aliphatic rings. The highest BCUT2D eigenvalue weighted by molar-refractivity contribution is 5.88. The molecule has 10 atom stereocenters. The summed E-state index contributed by atoms with van der Waals surface area (Å²) in [5.41, 5.74) is -0.444. The first-order valence-corrected chi connectivity index (χ1v) is 13.1. The maximum Gasteiger partial charge on any atom is 0.197 e. The Morgan fingerprint density at radius 2 is 1.50 bits per heavy atom. The predicted molar refractivity (Wildman–Crippen MR) is 142 cm³/mol. The lowest BCUT2D eigenvalue weighted by molar-refractivity contribution is -0.308. The minimum Gasteiger partial charge on any atom is -0.508 e. The van der Waals surface area contributed by atoms with Crippen LogP contribution in [0.15, 0.2) is 45.6 Å². The quantitative estimate of drug-likeness (QED) is 0.176. The van der Waals surface area contributed by atoms with E-state index in [1.54, 1.807) is 0 Å². The van der Waals surface area contributed by atoms with E-state index in [9.17, 15) is 45.6 Å². The average Bonchev–Trinajstić information content (AvgIpc) is 2.97. The predicted octanol–water partition coefficient (Wildman–Crippen LogP) is -0.754. The molecule has 2 saturated heterocycles. The Labute approximate surface area is 238 Å². The molecule has 2 aliphatic heterocycles. The second-order valence-corrected chi connectivity index (χ2v) is 10.3. The SMILES string of the molecule is COc1cc2oc(-c3ccc(O)cc3)cc(=O)c2c(O)c1[C@H]1O[C@H](CO[C@@H]2O[C@@H](C)[C@H](O)[C@H](O)[C@H]2O)[C@H](O)[C@@H](O)[C@@H]1O. The van der Waals surface area contributed by atoms with Gasteiger partial charge in [-0.2, -0.15) is 0 Å². The van der Waals surface area contributed by atoms with Crippen LogP contribution in [-0.2, 0) is 14.2 Å². The Kier molecular flexibility index (Phi) is 8.44. The molecule has 0 saturated carbocycles. The zero-order valence-corrected chi connectivity index (χ0v) is 22.5. The smallest absolute Gasteiger partial charge is 0.197 e. The number of aliphatic hydroxyl groups excluding tert-OH is 6. The summed E-state index contributed by atoms with van der Waals surface area (Å²) in [7, 11) is 1.26. The number of rotatable bonds is 6. The van der Waals surface area contributed by atoms with Crippen LogP contribution in [0.5, 0.6) is 17.2 Å². The molecule has 2 fully saturated rings. The maximum atomic E-state index is 13.1. The standard InChI is InChI=1S/C28H32O14/c1-10-20(31)23(34)26(37)28(40-10)39-9-17-21(32)24(35)25(36)27(42-17)19-15(38-2)8-16-18(22(19)33)13(30)7-14(41-16)11-3-5-12(29)6-4-11/h3-8,10,17,20-21,23-29,31-37H,9H2,1-2H3/t10-,17+,20-,21-,23-,24+,25-,26+,27+,28+/m0/s1. The van der Waals surface area contributed by atoms with Crippen molar-refractivity contribution in [2.75, 3.05) is 13.7 Å². The van der Waals surface area contributed by atoms with E-state index in [-0.39, 0.29) is 33.8 Å². The van der Waals surface area contributed by atoms with Crippen molar-refractivity contribution in [2.24, 2.45) is 0 Å². The second-order valence-electron chi connectivity index (χ2n) is 10.3. The summed E-state index contributed by atoms with van der Waals surface area (Å²) in [6.07, 6.45) is -15.1. The zero-order valence-electron chi connectivity index (χ0n) is 22.5. The lowest BCUT2D eigenvalue weighted by Crippen LogP contribution is -2.59. The van der Waals surface area contributed by atoms with Crippen LogP contribution in [0, 0.1) is 0 Å². The summed E-state index contributed by atoms with van der Waals surface area (Å²) in [6.45, 7) is 0.935. The van der Waals surface area contributed by atoms with E-state index in [1.807, 2.05) is 0 Å². The summed E-state index contributed by atoms with van der Waals surface area (Å²) in [6, 6.07) is 8.33. The maximum absolute atomic E-state index is 13.1. The molecule has 0 spiro atoms. The Morgan fingerprint density at radius 3 is 2.17 bits per heavy atom. The molecule has 5 rings (SSSR count). The van der Waals surface area contributed by atoms with Crippen molar-refractivity contribution in [3.63, 3.8) is 0 Å². The largest absolute Gasteiger partial charge is 0.508 e. The number of hydrogen-bond donors (Lipinski definition) is 8. The highest BCUT2D eigenvalue weighted by atomic mass is 16.7. The first kappa shape index (κ1) is 30.2. The normalized spacial score (nSPS) is 33.5. The fraction of sp³-hybridized carbons (Fsp3) is 0.464. The van der Waals surface area contributed by atoms with Crippen molar-refractivity contribution in [3.8, 4) is 28.6 Å². The Balaban J connectivity index is 1.47. The van der Waals surface area contributed by atoms with E-state index in [1.165, 1.54) is 44.4 Å². The number of aromatic hydroxyl groups is 2. The molecule has 8 N–H and O–H groups in total. The van der Waals surface area contributed by atoms with Gasteiger partial charge in [0.05, 0.1) is 25.4 Å². The summed E-state index contributed by atoms with van der Waals surface area (Å²) >= 11 is 0. The van der Waals surface area contributed by atoms with E-state index >= 15 is 0 Å². The highest BCUT2D eigenvalue weighted by Gasteiger charge is 2.48. The van der Waals surface area contributed by atoms with Crippen molar-refractivity contribution in [1.29, 1.82) is 0 Å².